The smallest absolute Gasteiger partial charge is 0.160 e. The van der Waals surface area contributed by atoms with Crippen molar-refractivity contribution in [3.63, 3.8) is 0 Å². The van der Waals surface area contributed by atoms with Crippen LogP contribution in [0.25, 0.3) is 100.0 Å². The number of furan rings is 1. The minimum absolute atomic E-state index is 0.118. The fraction of sp³-hybridized carbons (Fsp3) is 0.0566. The number of aromatic nitrogens is 2. The molecule has 0 aliphatic heterocycles. The van der Waals surface area contributed by atoms with Crippen molar-refractivity contribution in [2.45, 2.75) is 19.3 Å². The van der Waals surface area contributed by atoms with Gasteiger partial charge in [0.2, 0.25) is 0 Å². The summed E-state index contributed by atoms with van der Waals surface area (Å²) in [7, 11) is 0. The lowest BCUT2D eigenvalue weighted by Gasteiger charge is -2.22. The highest BCUT2D eigenvalue weighted by molar-refractivity contribution is 6.15. The lowest BCUT2D eigenvalue weighted by Crippen LogP contribution is -2.14. The van der Waals surface area contributed by atoms with Crippen LogP contribution < -0.4 is 0 Å². The molecule has 2 heterocycles. The van der Waals surface area contributed by atoms with Gasteiger partial charge >= 0.3 is 0 Å². The Morgan fingerprint density at radius 2 is 1.04 bits per heavy atom. The number of fused-ring (bicyclic) bond motifs is 8. The summed E-state index contributed by atoms with van der Waals surface area (Å²) < 4.78 is 6.50. The van der Waals surface area contributed by atoms with Crippen LogP contribution in [-0.2, 0) is 5.41 Å². The van der Waals surface area contributed by atoms with E-state index in [1.54, 1.807) is 0 Å². The third-order valence-corrected chi connectivity index (χ3v) is 11.7. The second kappa shape index (κ2) is 12.5. The fourth-order valence-electron chi connectivity index (χ4n) is 8.75. The molecule has 1 aliphatic rings. The Balaban J connectivity index is 1.10. The number of hydrogen-bond acceptors (Lipinski definition) is 3. The molecule has 2 aromatic heterocycles. The molecule has 0 bridgehead atoms. The zero-order valence-electron chi connectivity index (χ0n) is 31.1. The van der Waals surface area contributed by atoms with Crippen molar-refractivity contribution in [1.82, 2.24) is 9.97 Å². The van der Waals surface area contributed by atoms with Crippen LogP contribution in [0.15, 0.2) is 186 Å². The molecule has 0 saturated heterocycles. The van der Waals surface area contributed by atoms with E-state index in [1.807, 2.05) is 18.2 Å². The number of benzene rings is 8. The summed E-state index contributed by atoms with van der Waals surface area (Å²) in [4.78, 5) is 10.5. The molecule has 0 spiro atoms. The van der Waals surface area contributed by atoms with Gasteiger partial charge in [-0.15, -0.1) is 0 Å². The van der Waals surface area contributed by atoms with E-state index in [1.165, 1.54) is 27.6 Å². The molecular formula is C53H36N2O. The van der Waals surface area contributed by atoms with Crippen molar-refractivity contribution in [3.05, 3.63) is 193 Å². The van der Waals surface area contributed by atoms with E-state index >= 15 is 0 Å². The van der Waals surface area contributed by atoms with Gasteiger partial charge in [-0.1, -0.05) is 147 Å². The first-order valence-corrected chi connectivity index (χ1v) is 19.2. The quantitative estimate of drug-likeness (QED) is 0.178. The lowest BCUT2D eigenvalue weighted by molar-refractivity contribution is 0.660. The van der Waals surface area contributed by atoms with Crippen molar-refractivity contribution in [1.29, 1.82) is 0 Å². The average molecular weight is 717 g/mol. The van der Waals surface area contributed by atoms with Crippen molar-refractivity contribution < 1.29 is 4.42 Å². The van der Waals surface area contributed by atoms with Crippen LogP contribution in [-0.4, -0.2) is 9.97 Å². The molecule has 264 valence electrons. The van der Waals surface area contributed by atoms with E-state index in [-0.39, 0.29) is 5.41 Å². The second-order valence-electron chi connectivity index (χ2n) is 15.4. The van der Waals surface area contributed by atoms with Crippen molar-refractivity contribution in [2.75, 3.05) is 0 Å². The fourth-order valence-corrected chi connectivity index (χ4v) is 8.75. The zero-order chi connectivity index (χ0) is 37.4. The largest absolute Gasteiger partial charge is 0.455 e. The van der Waals surface area contributed by atoms with Crippen LogP contribution in [0, 0.1) is 0 Å². The summed E-state index contributed by atoms with van der Waals surface area (Å²) in [6.45, 7) is 4.65. The average Bonchev–Trinajstić information content (AvgIpc) is 3.75. The van der Waals surface area contributed by atoms with Gasteiger partial charge < -0.3 is 4.42 Å². The molecule has 0 amide bonds. The Labute approximate surface area is 325 Å². The summed E-state index contributed by atoms with van der Waals surface area (Å²) in [5.41, 5.74) is 16.3. The van der Waals surface area contributed by atoms with Gasteiger partial charge in [-0.3, -0.25) is 0 Å². The van der Waals surface area contributed by atoms with Gasteiger partial charge in [-0.25, -0.2) is 9.97 Å². The topological polar surface area (TPSA) is 38.9 Å². The molecule has 0 unspecified atom stereocenters. The SMILES string of the molecule is CC1(C)c2ccccc2-c2ccc(-c3cc(-c4cc(-c5ccccc5)cc(-c5ccc6oc7c8ccccc8ccc7c6c5)c4)nc(-c4ccccc4)n3)cc21. The molecule has 3 nitrogen and oxygen atoms in total. The highest BCUT2D eigenvalue weighted by atomic mass is 16.3. The number of nitrogens with zero attached hydrogens (tertiary/aromatic N) is 2. The van der Waals surface area contributed by atoms with Gasteiger partial charge in [0.15, 0.2) is 5.82 Å². The standard InChI is InChI=1S/C53H36N2O/c1-53(2)46-20-12-11-19-42(46)43-24-22-37(31-47(43)53)48-32-49(55-52(54-48)35-16-7-4-8-17-35)40-28-38(33-13-5-3-6-14-33)27-39(29-40)36-23-26-50-45(30-36)44-25-21-34-15-9-10-18-41(34)51(44)56-50/h3-32H,1-2H3. The first-order valence-electron chi connectivity index (χ1n) is 19.2. The highest BCUT2D eigenvalue weighted by Gasteiger charge is 2.35. The Morgan fingerprint density at radius 3 is 1.86 bits per heavy atom. The van der Waals surface area contributed by atoms with Crippen LogP contribution in [0.2, 0.25) is 0 Å². The van der Waals surface area contributed by atoms with Crippen LogP contribution in [0.4, 0.5) is 0 Å². The first kappa shape index (κ1) is 32.3. The van der Waals surface area contributed by atoms with Crippen LogP contribution in [0.1, 0.15) is 25.0 Å². The van der Waals surface area contributed by atoms with Gasteiger partial charge in [0, 0.05) is 38.3 Å². The third kappa shape index (κ3) is 5.20. The second-order valence-corrected chi connectivity index (χ2v) is 15.4. The van der Waals surface area contributed by atoms with Crippen molar-refractivity contribution in [2.24, 2.45) is 0 Å². The summed E-state index contributed by atoms with van der Waals surface area (Å²) >= 11 is 0. The summed E-state index contributed by atoms with van der Waals surface area (Å²) in [5, 5.41) is 4.52. The van der Waals surface area contributed by atoms with Crippen LogP contribution in [0.3, 0.4) is 0 Å². The Bertz CT molecular complexity index is 3160. The molecule has 0 fully saturated rings. The van der Waals surface area contributed by atoms with E-state index in [0.29, 0.717) is 5.82 Å². The Hall–Kier alpha value is -7.10. The van der Waals surface area contributed by atoms with E-state index in [9.17, 15) is 0 Å². The third-order valence-electron chi connectivity index (χ3n) is 11.7. The van der Waals surface area contributed by atoms with Crippen LogP contribution in [0.5, 0.6) is 0 Å². The normalized spacial score (nSPS) is 13.0. The van der Waals surface area contributed by atoms with Gasteiger partial charge in [0.25, 0.3) is 0 Å². The van der Waals surface area contributed by atoms with E-state index in [4.69, 9.17) is 14.4 Å². The molecule has 0 radical (unpaired) electrons. The number of hydrogen-bond donors (Lipinski definition) is 0. The molecule has 56 heavy (non-hydrogen) atoms. The lowest BCUT2D eigenvalue weighted by atomic mass is 9.82. The first-order chi connectivity index (χ1) is 27.5. The van der Waals surface area contributed by atoms with E-state index in [2.05, 4.69) is 178 Å². The summed E-state index contributed by atoms with van der Waals surface area (Å²) in [6.07, 6.45) is 0. The molecule has 10 aromatic rings. The maximum absolute atomic E-state index is 6.50. The predicted octanol–water partition coefficient (Wildman–Crippen LogP) is 14.2. The molecule has 11 rings (SSSR count). The van der Waals surface area contributed by atoms with E-state index < -0.39 is 0 Å². The van der Waals surface area contributed by atoms with Gasteiger partial charge in [0.05, 0.1) is 11.4 Å². The minimum atomic E-state index is -0.118. The van der Waals surface area contributed by atoms with Crippen LogP contribution >= 0.6 is 0 Å². The van der Waals surface area contributed by atoms with Gasteiger partial charge in [0.1, 0.15) is 11.2 Å². The minimum Gasteiger partial charge on any atom is -0.455 e. The Kier molecular flexibility index (Phi) is 7.20. The highest BCUT2D eigenvalue weighted by Crippen LogP contribution is 2.49. The predicted molar refractivity (Wildman–Crippen MR) is 232 cm³/mol. The molecule has 8 aromatic carbocycles. The summed E-state index contributed by atoms with van der Waals surface area (Å²) in [5.74, 6) is 0.700. The number of rotatable bonds is 5. The molecule has 1 aliphatic carbocycles. The van der Waals surface area contributed by atoms with Crippen molar-refractivity contribution in [3.8, 4) is 67.3 Å². The van der Waals surface area contributed by atoms with E-state index in [0.717, 1.165) is 77.7 Å². The van der Waals surface area contributed by atoms with Gasteiger partial charge in [-0.2, -0.15) is 0 Å². The summed E-state index contributed by atoms with van der Waals surface area (Å²) in [6, 6.07) is 64.9. The van der Waals surface area contributed by atoms with Crippen molar-refractivity contribution >= 4 is 32.7 Å². The Morgan fingerprint density at radius 1 is 0.393 bits per heavy atom. The molecule has 3 heteroatoms. The molecular weight excluding hydrogens is 681 g/mol. The monoisotopic (exact) mass is 716 g/mol. The molecule has 0 N–H and O–H groups in total. The van der Waals surface area contributed by atoms with Gasteiger partial charge in [-0.05, 0) is 98.4 Å². The molecule has 0 saturated carbocycles. The maximum Gasteiger partial charge on any atom is 0.160 e. The molecule has 0 atom stereocenters. The zero-order valence-corrected chi connectivity index (χ0v) is 31.1. The maximum atomic E-state index is 6.50.